The summed E-state index contributed by atoms with van der Waals surface area (Å²) in [7, 11) is 0. The summed E-state index contributed by atoms with van der Waals surface area (Å²) in [6, 6.07) is 13.9. The number of amides is 2. The number of carbonyl (C=O) groups is 2. The lowest BCUT2D eigenvalue weighted by Crippen LogP contribution is -2.51. The van der Waals surface area contributed by atoms with E-state index in [2.05, 4.69) is 22.8 Å². The first kappa shape index (κ1) is 33.1. The summed E-state index contributed by atoms with van der Waals surface area (Å²) in [4.78, 5) is 37.6. The lowest BCUT2D eigenvalue weighted by atomic mass is 10.0. The molecule has 1 aliphatic heterocycles. The minimum Gasteiger partial charge on any atom is -0.444 e. The SMILES string of the molecule is CSCCC(NC(=O)OC(C)(C)C)C(=O)N1CCc2nc(Nc3ccc(C#N)cc3)nc(Oc3c(C)cc(C#N)cc3C)c2C1. The topological polar surface area (TPSA) is 153 Å². The summed E-state index contributed by atoms with van der Waals surface area (Å²) >= 11 is 1.59. The van der Waals surface area contributed by atoms with E-state index in [1.807, 2.05) is 20.1 Å². The van der Waals surface area contributed by atoms with Crippen LogP contribution >= 0.6 is 11.8 Å². The van der Waals surface area contributed by atoms with Crippen LogP contribution in [0.2, 0.25) is 0 Å². The monoisotopic (exact) mass is 627 g/mol. The smallest absolute Gasteiger partial charge is 0.408 e. The van der Waals surface area contributed by atoms with E-state index < -0.39 is 17.7 Å². The Morgan fingerprint density at radius 1 is 1.07 bits per heavy atom. The van der Waals surface area contributed by atoms with Crippen molar-refractivity contribution in [1.29, 1.82) is 10.5 Å². The zero-order valence-corrected chi connectivity index (χ0v) is 27.2. The number of nitriles is 2. The van der Waals surface area contributed by atoms with Gasteiger partial charge in [0, 0.05) is 18.7 Å². The quantitative estimate of drug-likeness (QED) is 0.293. The van der Waals surface area contributed by atoms with Crippen molar-refractivity contribution < 1.29 is 19.1 Å². The Morgan fingerprint density at radius 2 is 1.73 bits per heavy atom. The number of nitrogens with one attached hydrogen (secondary N) is 2. The lowest BCUT2D eigenvalue weighted by Gasteiger charge is -2.32. The molecule has 0 saturated heterocycles. The van der Waals surface area contributed by atoms with E-state index in [1.54, 1.807) is 73.8 Å². The first-order valence-corrected chi connectivity index (χ1v) is 15.9. The lowest BCUT2D eigenvalue weighted by molar-refractivity contribution is -0.134. The van der Waals surface area contributed by atoms with Gasteiger partial charge in [-0.05, 0) is 101 Å². The molecular formula is C33H37N7O4S. The highest BCUT2D eigenvalue weighted by molar-refractivity contribution is 7.98. The Bertz CT molecular complexity index is 1630. The van der Waals surface area contributed by atoms with Gasteiger partial charge in [-0.1, -0.05) is 0 Å². The van der Waals surface area contributed by atoms with Crippen molar-refractivity contribution in [1.82, 2.24) is 20.2 Å². The molecule has 1 aromatic heterocycles. The van der Waals surface area contributed by atoms with Crippen molar-refractivity contribution in [3.63, 3.8) is 0 Å². The highest BCUT2D eigenvalue weighted by atomic mass is 32.2. The molecule has 4 rings (SSSR count). The molecule has 11 nitrogen and oxygen atoms in total. The minimum atomic E-state index is -0.764. The van der Waals surface area contributed by atoms with Gasteiger partial charge in [0.05, 0.1) is 41.1 Å². The molecule has 1 aliphatic rings. The van der Waals surface area contributed by atoms with Crippen LogP contribution < -0.4 is 15.4 Å². The predicted molar refractivity (Wildman–Crippen MR) is 172 cm³/mol. The highest BCUT2D eigenvalue weighted by Gasteiger charge is 2.32. The Hall–Kier alpha value is -4.81. The maximum atomic E-state index is 13.8. The van der Waals surface area contributed by atoms with Crippen LogP contribution in [-0.2, 0) is 22.5 Å². The molecule has 2 heterocycles. The third-order valence-corrected chi connectivity index (χ3v) is 7.64. The molecule has 0 aliphatic carbocycles. The number of ether oxygens (including phenoxy) is 2. The van der Waals surface area contributed by atoms with E-state index in [-0.39, 0.29) is 18.3 Å². The normalized spacial score (nSPS) is 13.1. The average Bonchev–Trinajstić information content (AvgIpc) is 2.99. The van der Waals surface area contributed by atoms with Gasteiger partial charge in [-0.2, -0.15) is 27.3 Å². The van der Waals surface area contributed by atoms with E-state index in [0.29, 0.717) is 59.2 Å². The van der Waals surface area contributed by atoms with Crippen LogP contribution in [0.5, 0.6) is 11.6 Å². The fourth-order valence-electron chi connectivity index (χ4n) is 4.91. The molecular weight excluding hydrogens is 590 g/mol. The zero-order chi connectivity index (χ0) is 32.7. The molecule has 1 unspecified atom stereocenters. The molecule has 0 radical (unpaired) electrons. The molecule has 12 heteroatoms. The van der Waals surface area contributed by atoms with Gasteiger partial charge >= 0.3 is 6.09 Å². The van der Waals surface area contributed by atoms with Crippen molar-refractivity contribution in [3.05, 3.63) is 69.9 Å². The number of benzene rings is 2. The number of aryl methyl sites for hydroxylation is 2. The van der Waals surface area contributed by atoms with Crippen molar-refractivity contribution in [2.75, 3.05) is 23.9 Å². The standard InChI is InChI=1S/C33H37N7O4S/c1-20-15-23(18-35)16-21(2)28(20)43-29-25-19-40(30(41)27(12-14-45-6)38-32(42)44-33(3,4)5)13-11-26(25)37-31(39-29)36-24-9-7-22(17-34)8-10-24/h7-10,15-16,27H,11-14,19H2,1-6H3,(H,38,42)(H,36,37,39). The highest BCUT2D eigenvalue weighted by Crippen LogP contribution is 2.35. The summed E-state index contributed by atoms with van der Waals surface area (Å²) in [5.74, 6) is 1.60. The number of nitrogens with zero attached hydrogens (tertiary/aromatic N) is 5. The molecule has 45 heavy (non-hydrogen) atoms. The number of aromatic nitrogens is 2. The fourth-order valence-corrected chi connectivity index (χ4v) is 5.38. The third-order valence-electron chi connectivity index (χ3n) is 6.99. The maximum absolute atomic E-state index is 13.8. The number of fused-ring (bicyclic) bond motifs is 1. The number of alkyl carbamates (subject to hydrolysis) is 1. The largest absolute Gasteiger partial charge is 0.444 e. The molecule has 0 saturated carbocycles. The molecule has 234 valence electrons. The molecule has 2 N–H and O–H groups in total. The second-order valence-corrected chi connectivity index (χ2v) is 12.7. The maximum Gasteiger partial charge on any atom is 0.408 e. The number of thioether (sulfide) groups is 1. The summed E-state index contributed by atoms with van der Waals surface area (Å²) in [6.07, 6.45) is 2.19. The predicted octanol–water partition coefficient (Wildman–Crippen LogP) is 5.90. The molecule has 0 bridgehead atoms. The summed E-state index contributed by atoms with van der Waals surface area (Å²) < 4.78 is 11.9. The first-order valence-electron chi connectivity index (χ1n) is 14.5. The van der Waals surface area contributed by atoms with E-state index in [9.17, 15) is 14.9 Å². The van der Waals surface area contributed by atoms with Gasteiger partial charge in [-0.25, -0.2) is 9.78 Å². The van der Waals surface area contributed by atoms with Crippen molar-refractivity contribution in [3.8, 4) is 23.8 Å². The van der Waals surface area contributed by atoms with Crippen LogP contribution in [-0.4, -0.2) is 57.1 Å². The van der Waals surface area contributed by atoms with Crippen LogP contribution in [0.1, 0.15) is 60.7 Å². The number of carbonyl (C=O) groups excluding carboxylic acids is 2. The third kappa shape index (κ3) is 8.64. The molecule has 1 atom stereocenters. The zero-order valence-electron chi connectivity index (χ0n) is 26.4. The Morgan fingerprint density at radius 3 is 2.33 bits per heavy atom. The van der Waals surface area contributed by atoms with Crippen LogP contribution in [0.25, 0.3) is 0 Å². The van der Waals surface area contributed by atoms with Gasteiger partial charge in [-0.15, -0.1) is 0 Å². The van der Waals surface area contributed by atoms with Gasteiger partial charge in [-0.3, -0.25) is 4.79 Å². The van der Waals surface area contributed by atoms with Gasteiger partial charge < -0.3 is 25.0 Å². The van der Waals surface area contributed by atoms with E-state index >= 15 is 0 Å². The fraction of sp³-hybridized carbons (Fsp3) is 0.394. The first-order chi connectivity index (χ1) is 21.4. The number of rotatable bonds is 9. The molecule has 0 fully saturated rings. The Labute approximate surface area is 268 Å². The number of hydrogen-bond donors (Lipinski definition) is 2. The number of anilines is 2. The minimum absolute atomic E-state index is 0.181. The van der Waals surface area contributed by atoms with Crippen LogP contribution in [0, 0.1) is 36.5 Å². The summed E-state index contributed by atoms with van der Waals surface area (Å²) in [6.45, 7) is 9.62. The van der Waals surface area contributed by atoms with Crippen molar-refractivity contribution >= 4 is 35.4 Å². The second kappa shape index (κ2) is 14.3. The van der Waals surface area contributed by atoms with E-state index in [1.165, 1.54) is 0 Å². The van der Waals surface area contributed by atoms with Gasteiger partial charge in [0.15, 0.2) is 0 Å². The number of hydrogen-bond acceptors (Lipinski definition) is 10. The van der Waals surface area contributed by atoms with Crippen LogP contribution in [0.3, 0.4) is 0 Å². The summed E-state index contributed by atoms with van der Waals surface area (Å²) in [5, 5.41) is 24.5. The summed E-state index contributed by atoms with van der Waals surface area (Å²) in [5.41, 5.74) is 3.97. The van der Waals surface area contributed by atoms with Gasteiger partial charge in [0.25, 0.3) is 0 Å². The van der Waals surface area contributed by atoms with Crippen LogP contribution in [0.4, 0.5) is 16.4 Å². The van der Waals surface area contributed by atoms with Crippen molar-refractivity contribution in [2.24, 2.45) is 0 Å². The van der Waals surface area contributed by atoms with Gasteiger partial charge in [0.2, 0.25) is 17.7 Å². The molecule has 0 spiro atoms. The van der Waals surface area contributed by atoms with Crippen LogP contribution in [0.15, 0.2) is 36.4 Å². The Kier molecular flexibility index (Phi) is 10.5. The van der Waals surface area contributed by atoms with Gasteiger partial charge in [0.1, 0.15) is 17.4 Å². The van der Waals surface area contributed by atoms with E-state index in [0.717, 1.165) is 16.8 Å². The van der Waals surface area contributed by atoms with E-state index in [4.69, 9.17) is 24.7 Å². The Balaban J connectivity index is 1.68. The molecule has 2 amide bonds. The molecule has 3 aromatic rings. The van der Waals surface area contributed by atoms with Crippen molar-refractivity contribution in [2.45, 2.75) is 65.6 Å². The average molecular weight is 628 g/mol. The second-order valence-electron chi connectivity index (χ2n) is 11.7. The molecule has 2 aromatic carbocycles.